The van der Waals surface area contributed by atoms with E-state index >= 15 is 0 Å². The molecule has 0 rings (SSSR count). The number of Topliss-reactive ketones (excluding diaryl/α,β-unsaturated/α-hetero) is 2. The van der Waals surface area contributed by atoms with E-state index in [4.69, 9.17) is 27.6 Å². The SMILES string of the molecule is CCCCCCCCCCCC(=O)CC(=O)NC(COCCC(O)CCCCCCC)COP(=O)([O-])OCCNC(=O)NCCOP(=O)([O-])OCC(COCCC(O)CCCCCCC)NC(=O)CC(=O)CCCCCCCCCCC.[Na+]. The third kappa shape index (κ3) is 58.1. The number of aliphatic hydroxyl groups excluding tert-OH is 2. The van der Waals surface area contributed by atoms with Crippen molar-refractivity contribution in [2.45, 2.75) is 283 Å². The summed E-state index contributed by atoms with van der Waals surface area (Å²) in [6.45, 7) is 5.73. The topological polar surface area (TPSA) is 310 Å². The minimum Gasteiger partial charge on any atom is -0.756 e. The molecule has 0 aliphatic heterocycles. The van der Waals surface area contributed by atoms with E-state index < -0.39 is 84.2 Å². The molecular weight excluding hydrogens is 1120 g/mol. The molecule has 0 bridgehead atoms. The van der Waals surface area contributed by atoms with Crippen LogP contribution in [0.15, 0.2) is 0 Å². The predicted octanol–water partition coefficient (Wildman–Crippen LogP) is 7.28. The summed E-state index contributed by atoms with van der Waals surface area (Å²) in [7, 11) is -9.96. The second-order valence-electron chi connectivity index (χ2n) is 21.9. The first-order valence-electron chi connectivity index (χ1n) is 31.8. The van der Waals surface area contributed by atoms with Crippen LogP contribution in [0.3, 0.4) is 0 Å². The number of rotatable bonds is 62. The molecule has 0 saturated heterocycles. The minimum absolute atomic E-state index is 0. The van der Waals surface area contributed by atoms with Crippen LogP contribution in [0.1, 0.15) is 259 Å². The average Bonchev–Trinajstić information content (AvgIpc) is 3.47. The van der Waals surface area contributed by atoms with Crippen molar-refractivity contribution in [2.24, 2.45) is 0 Å². The van der Waals surface area contributed by atoms with Gasteiger partial charge in [0, 0.05) is 39.1 Å². The molecule has 0 aromatic heterocycles. The maximum absolute atomic E-state index is 12.9. The number of hydrogen-bond acceptors (Lipinski definition) is 17. The molecule has 6 N–H and O–H groups in total. The summed E-state index contributed by atoms with van der Waals surface area (Å²) in [5.41, 5.74) is 0. The number of aliphatic hydroxyl groups is 2. The molecule has 0 heterocycles. The van der Waals surface area contributed by atoms with Gasteiger partial charge in [0.25, 0.3) is 15.6 Å². The van der Waals surface area contributed by atoms with E-state index in [1.165, 1.54) is 64.2 Å². The van der Waals surface area contributed by atoms with Crippen molar-refractivity contribution in [3.63, 3.8) is 0 Å². The molecule has 83 heavy (non-hydrogen) atoms. The van der Waals surface area contributed by atoms with Gasteiger partial charge < -0.3 is 68.8 Å². The molecule has 0 aromatic rings. The predicted molar refractivity (Wildman–Crippen MR) is 317 cm³/mol. The van der Waals surface area contributed by atoms with Crippen molar-refractivity contribution in [3.8, 4) is 0 Å². The van der Waals surface area contributed by atoms with E-state index in [1.807, 2.05) is 0 Å². The van der Waals surface area contributed by atoms with E-state index in [2.05, 4.69) is 49.0 Å². The second-order valence-corrected chi connectivity index (χ2v) is 24.7. The van der Waals surface area contributed by atoms with Gasteiger partial charge in [-0.15, -0.1) is 0 Å². The van der Waals surface area contributed by atoms with Crippen molar-refractivity contribution >= 4 is 45.1 Å². The summed E-state index contributed by atoms with van der Waals surface area (Å²) in [5.74, 6) is -1.67. The van der Waals surface area contributed by atoms with Crippen LogP contribution in [0.5, 0.6) is 0 Å². The molecule has 6 atom stereocenters. The Morgan fingerprint density at radius 2 is 0.711 bits per heavy atom. The van der Waals surface area contributed by atoms with Gasteiger partial charge in [0.2, 0.25) is 11.8 Å². The third-order valence-corrected chi connectivity index (χ3v) is 15.7. The Hall–Kier alpha value is -1.39. The largest absolute Gasteiger partial charge is 1.00 e. The van der Waals surface area contributed by atoms with Crippen molar-refractivity contribution in [1.82, 2.24) is 21.3 Å². The Labute approximate surface area is 522 Å². The van der Waals surface area contributed by atoms with Gasteiger partial charge in [-0.05, 0) is 38.5 Å². The summed E-state index contributed by atoms with van der Waals surface area (Å²) in [4.78, 5) is 88.8. The number of carbonyl (C=O) groups excluding carboxylic acids is 5. The van der Waals surface area contributed by atoms with Crippen LogP contribution in [0, 0.1) is 0 Å². The Balaban J connectivity index is 0. The van der Waals surface area contributed by atoms with Crippen LogP contribution < -0.4 is 60.6 Å². The number of nitrogens with one attached hydrogen (secondary N) is 4. The van der Waals surface area contributed by atoms with Gasteiger partial charge in [-0.2, -0.15) is 0 Å². The molecule has 0 aliphatic rings. The molecule has 0 spiro atoms. The van der Waals surface area contributed by atoms with Crippen LogP contribution in [0.4, 0.5) is 4.79 Å². The number of phosphoric ester groups is 2. The van der Waals surface area contributed by atoms with Gasteiger partial charge in [0.15, 0.2) is 0 Å². The number of unbranched alkanes of at least 4 members (excludes halogenated alkanes) is 24. The molecular formula is C59H114N4NaO17P2-. The summed E-state index contributed by atoms with van der Waals surface area (Å²) < 4.78 is 56.7. The Morgan fingerprint density at radius 3 is 1.04 bits per heavy atom. The van der Waals surface area contributed by atoms with Crippen molar-refractivity contribution < 1.29 is 110 Å². The summed E-state index contributed by atoms with van der Waals surface area (Å²) >= 11 is 0. The molecule has 0 saturated carbocycles. The van der Waals surface area contributed by atoms with Crippen LogP contribution >= 0.6 is 15.6 Å². The first-order chi connectivity index (χ1) is 39.4. The van der Waals surface area contributed by atoms with Crippen LogP contribution in [-0.2, 0) is 55.9 Å². The summed E-state index contributed by atoms with van der Waals surface area (Å²) in [6, 6.07) is -2.76. The minimum atomic E-state index is -4.98. The van der Waals surface area contributed by atoms with Gasteiger partial charge in [0.05, 0.1) is 76.8 Å². The molecule has 0 radical (unpaired) electrons. The number of hydrogen-bond donors (Lipinski definition) is 6. The zero-order valence-electron chi connectivity index (χ0n) is 52.2. The normalized spacial score (nSPS) is 14.4. The molecule has 6 unspecified atom stereocenters. The molecule has 0 aromatic carbocycles. The number of amides is 4. The van der Waals surface area contributed by atoms with Crippen molar-refractivity contribution in [3.05, 3.63) is 0 Å². The number of urea groups is 1. The first kappa shape index (κ1) is 83.7. The van der Waals surface area contributed by atoms with E-state index in [-0.39, 0.29) is 106 Å². The van der Waals surface area contributed by atoms with Gasteiger partial charge >= 0.3 is 35.6 Å². The maximum Gasteiger partial charge on any atom is 1.00 e. The van der Waals surface area contributed by atoms with Gasteiger partial charge in [-0.25, -0.2) is 4.79 Å². The zero-order valence-corrected chi connectivity index (χ0v) is 56.0. The third-order valence-electron chi connectivity index (χ3n) is 13.8. The fraction of sp³-hybridized carbons (Fsp3) is 0.915. The van der Waals surface area contributed by atoms with E-state index in [0.29, 0.717) is 38.5 Å². The Bertz CT molecular complexity index is 1580. The standard InChI is InChI=1S/C59H116N4O17P2.Na/c1-5-9-13-17-19-21-23-27-31-35-55(66)45-57(68)62-51(47-75-41-37-53(64)33-29-25-15-11-7-3)49-79-81(71,72)77-43-39-60-59(70)61-40-44-78-82(73,74)80-50-52(48-76-42-38-54(65)34-30-26-16-12-8-4)63-58(69)46-56(67)36-32-28-24-22-20-18-14-10-6-2;/h51-54,64-65H,5-50H2,1-4H3,(H,62,68)(H,63,69)(H,71,72)(H,73,74)(H2,60,61,70);/q;+1/p-2. The van der Waals surface area contributed by atoms with E-state index in [0.717, 1.165) is 103 Å². The van der Waals surface area contributed by atoms with Gasteiger partial charge in [0.1, 0.15) is 11.6 Å². The Morgan fingerprint density at radius 1 is 0.410 bits per heavy atom. The number of ether oxygens (including phenoxy) is 2. The van der Waals surface area contributed by atoms with E-state index in [1.54, 1.807) is 0 Å². The van der Waals surface area contributed by atoms with Crippen LogP contribution in [0.25, 0.3) is 0 Å². The van der Waals surface area contributed by atoms with Crippen LogP contribution in [-0.4, -0.2) is 130 Å². The molecule has 0 aliphatic carbocycles. The first-order valence-corrected chi connectivity index (χ1v) is 34.7. The number of phosphoric acid groups is 2. The zero-order chi connectivity index (χ0) is 60.8. The Kier molecular flexibility index (Phi) is 58.8. The molecule has 24 heteroatoms. The summed E-state index contributed by atoms with van der Waals surface area (Å²) in [5, 5.41) is 30.7. The molecule has 21 nitrogen and oxygen atoms in total. The maximum atomic E-state index is 12.9. The molecule has 484 valence electrons. The van der Waals surface area contributed by atoms with Crippen LogP contribution in [0.2, 0.25) is 0 Å². The van der Waals surface area contributed by atoms with E-state index in [9.17, 15) is 53.1 Å². The molecule has 4 amide bonds. The monoisotopic (exact) mass is 1240 g/mol. The number of ketones is 2. The quantitative estimate of drug-likeness (QED) is 0.0151. The summed E-state index contributed by atoms with van der Waals surface area (Å²) in [6.07, 6.45) is 30.7. The van der Waals surface area contributed by atoms with Gasteiger partial charge in [-0.3, -0.25) is 28.3 Å². The average molecular weight is 1240 g/mol. The second kappa shape index (κ2) is 58.3. The fourth-order valence-corrected chi connectivity index (χ4v) is 10.4. The fourth-order valence-electron chi connectivity index (χ4n) is 8.91. The van der Waals surface area contributed by atoms with Gasteiger partial charge in [-0.1, -0.05) is 195 Å². The molecule has 0 fully saturated rings. The number of carbonyl (C=O) groups is 5. The van der Waals surface area contributed by atoms with Crippen molar-refractivity contribution in [1.29, 1.82) is 0 Å². The van der Waals surface area contributed by atoms with Crippen molar-refractivity contribution in [2.75, 3.05) is 65.9 Å². The smallest absolute Gasteiger partial charge is 0.756 e.